The van der Waals surface area contributed by atoms with E-state index < -0.39 is 16.7 Å². The molecule has 0 bridgehead atoms. The molecule has 22 heavy (non-hydrogen) atoms. The van der Waals surface area contributed by atoms with Crippen LogP contribution in [0.15, 0.2) is 12.1 Å². The Hall–Kier alpha value is -2.68. The minimum absolute atomic E-state index is 0.0507. The molecule has 9 nitrogen and oxygen atoms in total. The highest BCUT2D eigenvalue weighted by molar-refractivity contribution is 5.81. The van der Waals surface area contributed by atoms with Crippen molar-refractivity contribution < 1.29 is 28.7 Å². The van der Waals surface area contributed by atoms with Gasteiger partial charge in [-0.05, 0) is 6.07 Å². The van der Waals surface area contributed by atoms with Crippen molar-refractivity contribution in [3.63, 3.8) is 0 Å². The number of carbonyl (C=O) groups is 2. The Morgan fingerprint density at radius 1 is 1.41 bits per heavy atom. The van der Waals surface area contributed by atoms with E-state index in [2.05, 4.69) is 0 Å². The second kappa shape index (κ2) is 6.85. The van der Waals surface area contributed by atoms with Crippen molar-refractivity contribution in [1.29, 1.82) is 0 Å². The molecule has 9 heteroatoms. The molecule has 1 saturated heterocycles. The summed E-state index contributed by atoms with van der Waals surface area (Å²) in [7, 11) is 1.26. The molecule has 1 fully saturated rings. The summed E-state index contributed by atoms with van der Waals surface area (Å²) in [5, 5.41) is 11.1. The first kappa shape index (κ1) is 15.7. The Morgan fingerprint density at radius 2 is 2.09 bits per heavy atom. The number of ether oxygens (including phenoxy) is 3. The van der Waals surface area contributed by atoms with Crippen molar-refractivity contribution in [3.05, 3.63) is 27.8 Å². The van der Waals surface area contributed by atoms with E-state index in [1.807, 2.05) is 0 Å². The maximum atomic E-state index is 12.1. The van der Waals surface area contributed by atoms with Gasteiger partial charge in [-0.3, -0.25) is 14.9 Å². The number of methoxy groups -OCH3 is 1. The molecule has 118 valence electrons. The van der Waals surface area contributed by atoms with E-state index in [4.69, 9.17) is 14.2 Å². The molecule has 1 amide bonds. The minimum atomic E-state index is -0.739. The lowest BCUT2D eigenvalue weighted by Crippen LogP contribution is -2.42. The molecule has 0 atom stereocenters. The molecular weight excluding hydrogens is 296 g/mol. The lowest BCUT2D eigenvalue weighted by molar-refractivity contribution is -0.385. The van der Waals surface area contributed by atoms with Crippen molar-refractivity contribution >= 4 is 18.1 Å². The third-order valence-corrected chi connectivity index (χ3v) is 3.07. The van der Waals surface area contributed by atoms with Gasteiger partial charge in [0.05, 0.1) is 25.2 Å². The van der Waals surface area contributed by atoms with Crippen molar-refractivity contribution in [3.8, 4) is 11.5 Å². The zero-order chi connectivity index (χ0) is 16.1. The highest BCUT2D eigenvalue weighted by Gasteiger charge is 2.27. The van der Waals surface area contributed by atoms with Crippen LogP contribution in [0.1, 0.15) is 10.4 Å². The first-order valence-corrected chi connectivity index (χ1v) is 6.43. The number of hydrogen-bond acceptors (Lipinski definition) is 7. The molecule has 0 spiro atoms. The third-order valence-electron chi connectivity index (χ3n) is 3.07. The number of benzene rings is 1. The summed E-state index contributed by atoms with van der Waals surface area (Å²) in [6.07, 6.45) is -0.285. The largest absolute Gasteiger partial charge is 0.493 e. The van der Waals surface area contributed by atoms with E-state index >= 15 is 0 Å². The van der Waals surface area contributed by atoms with Crippen molar-refractivity contribution in [2.24, 2.45) is 0 Å². The smallest absolute Gasteiger partial charge is 0.415 e. The maximum Gasteiger partial charge on any atom is 0.415 e. The van der Waals surface area contributed by atoms with Crippen LogP contribution in [0.5, 0.6) is 11.5 Å². The fourth-order valence-corrected chi connectivity index (χ4v) is 1.96. The summed E-state index contributed by atoms with van der Waals surface area (Å²) in [6.45, 7) is 1.42. The SMILES string of the molecule is COc1cc(C=O)cc([N+](=O)[O-])c1OC(=O)N1CCOCC1. The second-order valence-electron chi connectivity index (χ2n) is 4.41. The monoisotopic (exact) mass is 310 g/mol. The van der Waals surface area contributed by atoms with Crippen molar-refractivity contribution in [2.75, 3.05) is 33.4 Å². The van der Waals surface area contributed by atoms with Gasteiger partial charge in [-0.2, -0.15) is 0 Å². The predicted molar refractivity (Wildman–Crippen MR) is 73.5 cm³/mol. The number of amides is 1. The van der Waals surface area contributed by atoms with Gasteiger partial charge in [0, 0.05) is 24.7 Å². The summed E-state index contributed by atoms with van der Waals surface area (Å²) < 4.78 is 15.2. The molecule has 1 aromatic rings. The molecule has 0 aliphatic carbocycles. The number of carbonyl (C=O) groups excluding carboxylic acids is 2. The molecule has 0 N–H and O–H groups in total. The predicted octanol–water partition coefficient (Wildman–Crippen LogP) is 1.25. The van der Waals surface area contributed by atoms with Gasteiger partial charge >= 0.3 is 11.8 Å². The van der Waals surface area contributed by atoms with Crippen molar-refractivity contribution in [1.82, 2.24) is 4.90 Å². The summed E-state index contributed by atoms with van der Waals surface area (Å²) in [4.78, 5) is 34.6. The Morgan fingerprint density at radius 3 is 2.64 bits per heavy atom. The molecule has 1 heterocycles. The van der Waals surface area contributed by atoms with E-state index in [0.717, 1.165) is 6.07 Å². The van der Waals surface area contributed by atoms with E-state index in [1.165, 1.54) is 18.1 Å². The molecule has 0 saturated carbocycles. The normalized spacial score (nSPS) is 14.3. The van der Waals surface area contributed by atoms with Crippen LogP contribution in [0.4, 0.5) is 10.5 Å². The van der Waals surface area contributed by atoms with Crippen LogP contribution in [0.2, 0.25) is 0 Å². The molecule has 2 rings (SSSR count). The summed E-state index contributed by atoms with van der Waals surface area (Å²) in [5.41, 5.74) is -0.460. The van der Waals surface area contributed by atoms with E-state index in [1.54, 1.807) is 0 Å². The van der Waals surface area contributed by atoms with Crippen LogP contribution in [0.3, 0.4) is 0 Å². The summed E-state index contributed by atoms with van der Waals surface area (Å²) in [5.74, 6) is -0.382. The highest BCUT2D eigenvalue weighted by atomic mass is 16.6. The van der Waals surface area contributed by atoms with E-state index in [-0.39, 0.29) is 17.1 Å². The number of morpholine rings is 1. The van der Waals surface area contributed by atoms with Crippen LogP contribution in [-0.2, 0) is 4.74 Å². The van der Waals surface area contributed by atoms with Crippen LogP contribution in [-0.4, -0.2) is 55.6 Å². The van der Waals surface area contributed by atoms with Crippen LogP contribution >= 0.6 is 0 Å². The van der Waals surface area contributed by atoms with Gasteiger partial charge in [0.1, 0.15) is 6.29 Å². The van der Waals surface area contributed by atoms with Gasteiger partial charge in [-0.25, -0.2) is 4.79 Å². The number of nitro benzene ring substituents is 1. The second-order valence-corrected chi connectivity index (χ2v) is 4.41. The lowest BCUT2D eigenvalue weighted by atomic mass is 10.2. The van der Waals surface area contributed by atoms with Crippen LogP contribution in [0, 0.1) is 10.1 Å². The van der Waals surface area contributed by atoms with Gasteiger partial charge in [0.25, 0.3) is 5.75 Å². The van der Waals surface area contributed by atoms with Crippen LogP contribution < -0.4 is 9.47 Å². The zero-order valence-electron chi connectivity index (χ0n) is 11.8. The third kappa shape index (κ3) is 3.31. The van der Waals surface area contributed by atoms with Crippen LogP contribution in [0.25, 0.3) is 0 Å². The standard InChI is InChI=1S/C13H14N2O7/c1-20-11-7-9(8-16)6-10(15(18)19)12(11)22-13(17)14-2-4-21-5-3-14/h6-8H,2-5H2,1H3. The number of nitro groups is 1. The molecular formula is C13H14N2O7. The van der Waals surface area contributed by atoms with Gasteiger partial charge in [0.2, 0.25) is 0 Å². The molecule has 1 aromatic carbocycles. The first-order chi connectivity index (χ1) is 10.6. The topological polar surface area (TPSA) is 108 Å². The highest BCUT2D eigenvalue weighted by Crippen LogP contribution is 2.38. The number of nitrogens with zero attached hydrogens (tertiary/aromatic N) is 2. The van der Waals surface area contributed by atoms with E-state index in [0.29, 0.717) is 32.6 Å². The number of rotatable bonds is 4. The Labute approximate surface area is 125 Å². The van der Waals surface area contributed by atoms with Gasteiger partial charge in [-0.15, -0.1) is 0 Å². The maximum absolute atomic E-state index is 12.1. The van der Waals surface area contributed by atoms with Gasteiger partial charge in [0.15, 0.2) is 5.75 Å². The first-order valence-electron chi connectivity index (χ1n) is 6.43. The number of hydrogen-bond donors (Lipinski definition) is 0. The van der Waals surface area contributed by atoms with Gasteiger partial charge < -0.3 is 19.1 Å². The Balaban J connectivity index is 2.33. The molecule has 0 aromatic heterocycles. The molecule has 0 radical (unpaired) electrons. The summed E-state index contributed by atoms with van der Waals surface area (Å²) >= 11 is 0. The fourth-order valence-electron chi connectivity index (χ4n) is 1.96. The minimum Gasteiger partial charge on any atom is -0.493 e. The molecule has 1 aliphatic rings. The molecule has 1 aliphatic heterocycles. The number of aldehydes is 1. The van der Waals surface area contributed by atoms with Gasteiger partial charge in [-0.1, -0.05) is 0 Å². The van der Waals surface area contributed by atoms with E-state index in [9.17, 15) is 19.7 Å². The zero-order valence-corrected chi connectivity index (χ0v) is 11.8. The summed E-state index contributed by atoms with van der Waals surface area (Å²) in [6, 6.07) is 2.29. The van der Waals surface area contributed by atoms with Crippen molar-refractivity contribution in [2.45, 2.75) is 0 Å². The Bertz CT molecular complexity index is 596. The quantitative estimate of drug-likeness (QED) is 0.467. The fraction of sp³-hybridized carbons (Fsp3) is 0.385. The molecule has 0 unspecified atom stereocenters. The average molecular weight is 310 g/mol. The average Bonchev–Trinajstić information content (AvgIpc) is 2.55. The Kier molecular flexibility index (Phi) is 4.89. The lowest BCUT2D eigenvalue weighted by Gasteiger charge is -2.26.